The number of aryl methyl sites for hydroxylation is 1. The minimum absolute atomic E-state index is 0.173. The number of benzene rings is 3. The molecule has 0 aliphatic carbocycles. The molecule has 0 aliphatic heterocycles. The van der Waals surface area contributed by atoms with Crippen molar-refractivity contribution in [3.8, 4) is 0 Å². The number of anilines is 2. The maximum absolute atomic E-state index is 13.0. The Morgan fingerprint density at radius 1 is 0.815 bits per heavy atom. The summed E-state index contributed by atoms with van der Waals surface area (Å²) in [6.45, 7) is 1.96. The van der Waals surface area contributed by atoms with Gasteiger partial charge in [0, 0.05) is 11.4 Å². The van der Waals surface area contributed by atoms with Gasteiger partial charge >= 0.3 is 0 Å². The molecule has 3 aromatic carbocycles. The first-order valence-corrected chi connectivity index (χ1v) is 9.08. The van der Waals surface area contributed by atoms with Crippen molar-refractivity contribution in [3.63, 3.8) is 0 Å². The van der Waals surface area contributed by atoms with Crippen LogP contribution in [0.15, 0.2) is 84.9 Å². The van der Waals surface area contributed by atoms with Crippen LogP contribution in [0.2, 0.25) is 0 Å². The molecule has 0 aliphatic rings. The van der Waals surface area contributed by atoms with Crippen molar-refractivity contribution in [1.82, 2.24) is 5.32 Å². The lowest BCUT2D eigenvalue weighted by Gasteiger charge is -2.21. The van der Waals surface area contributed by atoms with Gasteiger partial charge in [-0.2, -0.15) is 0 Å². The number of carbonyl (C=O) groups is 1. The molecule has 1 atom stereocenters. The highest BCUT2D eigenvalue weighted by atomic mass is 32.1. The van der Waals surface area contributed by atoms with E-state index < -0.39 is 6.04 Å². The Balaban J connectivity index is 1.78. The van der Waals surface area contributed by atoms with Crippen molar-refractivity contribution in [3.05, 3.63) is 96.1 Å². The molecule has 0 radical (unpaired) electrons. The highest BCUT2D eigenvalue weighted by molar-refractivity contribution is 7.80. The van der Waals surface area contributed by atoms with Crippen LogP contribution >= 0.6 is 12.2 Å². The molecule has 1 amide bonds. The molecule has 27 heavy (non-hydrogen) atoms. The molecule has 0 heterocycles. The SMILES string of the molecule is Cc1ccccc1NC(=O)[C@H](NC(=S)Nc1ccccc1)c1ccccc1. The van der Waals surface area contributed by atoms with Gasteiger partial charge in [-0.05, 0) is 48.5 Å². The Bertz CT molecular complexity index is 913. The Kier molecular flexibility index (Phi) is 6.18. The predicted octanol–water partition coefficient (Wildman–Crippen LogP) is 4.66. The van der Waals surface area contributed by atoms with Gasteiger partial charge in [0.1, 0.15) is 6.04 Å². The molecule has 5 heteroatoms. The van der Waals surface area contributed by atoms with Crippen LogP contribution in [0.25, 0.3) is 0 Å². The average molecular weight is 375 g/mol. The predicted molar refractivity (Wildman–Crippen MR) is 115 cm³/mol. The number of hydrogen-bond acceptors (Lipinski definition) is 2. The molecule has 0 fully saturated rings. The monoisotopic (exact) mass is 375 g/mol. The standard InChI is InChI=1S/C22H21N3OS/c1-16-10-8-9-15-19(16)24-21(26)20(17-11-4-2-5-12-17)25-22(27)23-18-13-6-3-7-14-18/h2-15,20H,1H3,(H,24,26)(H2,23,25,27)/t20-/m1/s1. The maximum atomic E-state index is 13.0. The first kappa shape index (κ1) is 18.6. The number of hydrogen-bond donors (Lipinski definition) is 3. The summed E-state index contributed by atoms with van der Waals surface area (Å²) in [7, 11) is 0. The summed E-state index contributed by atoms with van der Waals surface area (Å²) in [6, 6.07) is 26.2. The van der Waals surface area contributed by atoms with Gasteiger partial charge in [-0.1, -0.05) is 66.7 Å². The highest BCUT2D eigenvalue weighted by Crippen LogP contribution is 2.19. The topological polar surface area (TPSA) is 53.2 Å². The van der Waals surface area contributed by atoms with Gasteiger partial charge < -0.3 is 16.0 Å². The zero-order chi connectivity index (χ0) is 19.1. The van der Waals surface area contributed by atoms with E-state index in [9.17, 15) is 4.79 Å². The Labute approximate surface area is 164 Å². The molecule has 136 valence electrons. The molecule has 0 unspecified atom stereocenters. The minimum Gasteiger partial charge on any atom is -0.347 e. The highest BCUT2D eigenvalue weighted by Gasteiger charge is 2.22. The smallest absolute Gasteiger partial charge is 0.251 e. The zero-order valence-corrected chi connectivity index (χ0v) is 15.8. The van der Waals surface area contributed by atoms with E-state index in [1.54, 1.807) is 0 Å². The van der Waals surface area contributed by atoms with E-state index >= 15 is 0 Å². The van der Waals surface area contributed by atoms with Gasteiger partial charge in [-0.25, -0.2) is 0 Å². The van der Waals surface area contributed by atoms with Crippen LogP contribution in [-0.2, 0) is 4.79 Å². The Morgan fingerprint density at radius 3 is 2.07 bits per heavy atom. The normalized spacial score (nSPS) is 11.3. The molecule has 0 saturated carbocycles. The Hall–Kier alpha value is -3.18. The minimum atomic E-state index is -0.616. The van der Waals surface area contributed by atoms with Crippen LogP contribution in [0.4, 0.5) is 11.4 Å². The molecular weight excluding hydrogens is 354 g/mol. The third-order valence-electron chi connectivity index (χ3n) is 4.11. The van der Waals surface area contributed by atoms with E-state index in [2.05, 4.69) is 16.0 Å². The van der Waals surface area contributed by atoms with Crippen LogP contribution in [0.3, 0.4) is 0 Å². The summed E-state index contributed by atoms with van der Waals surface area (Å²) in [5.74, 6) is -0.173. The second kappa shape index (κ2) is 8.96. The van der Waals surface area contributed by atoms with Crippen LogP contribution in [0, 0.1) is 6.92 Å². The molecule has 0 bridgehead atoms. The fourth-order valence-electron chi connectivity index (χ4n) is 2.68. The average Bonchev–Trinajstić information content (AvgIpc) is 2.69. The van der Waals surface area contributed by atoms with E-state index in [4.69, 9.17) is 12.2 Å². The van der Waals surface area contributed by atoms with Gasteiger partial charge in [0.25, 0.3) is 5.91 Å². The van der Waals surface area contributed by atoms with E-state index in [0.29, 0.717) is 5.11 Å². The lowest BCUT2D eigenvalue weighted by atomic mass is 10.1. The quantitative estimate of drug-likeness (QED) is 0.568. The number of carbonyl (C=O) groups excluding carboxylic acids is 1. The van der Waals surface area contributed by atoms with Crippen molar-refractivity contribution in [2.24, 2.45) is 0 Å². The molecule has 4 nitrogen and oxygen atoms in total. The molecule has 0 saturated heterocycles. The third kappa shape index (κ3) is 5.15. The van der Waals surface area contributed by atoms with Crippen molar-refractivity contribution in [2.75, 3.05) is 10.6 Å². The zero-order valence-electron chi connectivity index (χ0n) is 15.0. The summed E-state index contributed by atoms with van der Waals surface area (Å²) in [4.78, 5) is 13.0. The number of amides is 1. The van der Waals surface area contributed by atoms with Crippen molar-refractivity contribution in [1.29, 1.82) is 0 Å². The summed E-state index contributed by atoms with van der Waals surface area (Å²) in [5, 5.41) is 9.62. The van der Waals surface area contributed by atoms with Gasteiger partial charge in [-0.3, -0.25) is 4.79 Å². The summed E-state index contributed by atoms with van der Waals surface area (Å²) in [6.07, 6.45) is 0. The Morgan fingerprint density at radius 2 is 1.41 bits per heavy atom. The summed E-state index contributed by atoms with van der Waals surface area (Å²) >= 11 is 5.42. The second-order valence-corrected chi connectivity index (χ2v) is 6.52. The molecular formula is C22H21N3OS. The van der Waals surface area contributed by atoms with Crippen LogP contribution in [0.5, 0.6) is 0 Å². The molecule has 0 aromatic heterocycles. The van der Waals surface area contributed by atoms with E-state index in [1.165, 1.54) is 0 Å². The number of nitrogens with one attached hydrogen (secondary N) is 3. The van der Waals surface area contributed by atoms with E-state index in [-0.39, 0.29) is 5.91 Å². The molecule has 3 N–H and O–H groups in total. The van der Waals surface area contributed by atoms with Crippen molar-refractivity contribution < 1.29 is 4.79 Å². The first-order chi connectivity index (χ1) is 13.1. The van der Waals surface area contributed by atoms with Crippen molar-refractivity contribution >= 4 is 34.6 Å². The first-order valence-electron chi connectivity index (χ1n) is 8.67. The van der Waals surface area contributed by atoms with Gasteiger partial charge in [-0.15, -0.1) is 0 Å². The fraction of sp³-hybridized carbons (Fsp3) is 0.0909. The van der Waals surface area contributed by atoms with Gasteiger partial charge in [0.05, 0.1) is 0 Å². The number of rotatable bonds is 5. The maximum Gasteiger partial charge on any atom is 0.251 e. The summed E-state index contributed by atoms with van der Waals surface area (Å²) < 4.78 is 0. The number of thiocarbonyl (C=S) groups is 1. The third-order valence-corrected chi connectivity index (χ3v) is 4.33. The lowest BCUT2D eigenvalue weighted by molar-refractivity contribution is -0.117. The lowest BCUT2D eigenvalue weighted by Crippen LogP contribution is -2.39. The van der Waals surface area contributed by atoms with Crippen LogP contribution in [0.1, 0.15) is 17.2 Å². The second-order valence-electron chi connectivity index (χ2n) is 6.11. The van der Waals surface area contributed by atoms with Crippen molar-refractivity contribution in [2.45, 2.75) is 13.0 Å². The van der Waals surface area contributed by atoms with E-state index in [0.717, 1.165) is 22.5 Å². The van der Waals surface area contributed by atoms with Gasteiger partial charge in [0.2, 0.25) is 0 Å². The van der Waals surface area contributed by atoms with Crippen LogP contribution < -0.4 is 16.0 Å². The fourth-order valence-corrected chi connectivity index (χ4v) is 2.92. The molecule has 3 rings (SSSR count). The van der Waals surface area contributed by atoms with Crippen LogP contribution in [-0.4, -0.2) is 11.0 Å². The van der Waals surface area contributed by atoms with E-state index in [1.807, 2.05) is 91.9 Å². The summed E-state index contributed by atoms with van der Waals surface area (Å²) in [5.41, 5.74) is 3.48. The molecule has 3 aromatic rings. The number of para-hydroxylation sites is 2. The largest absolute Gasteiger partial charge is 0.347 e. The van der Waals surface area contributed by atoms with Gasteiger partial charge in [0.15, 0.2) is 5.11 Å². The molecule has 0 spiro atoms.